The van der Waals surface area contributed by atoms with Crippen LogP contribution in [0.3, 0.4) is 0 Å². The Morgan fingerprint density at radius 3 is 2.69 bits per heavy atom. The largest absolute Gasteiger partial charge is 0.444 e. The minimum Gasteiger partial charge on any atom is -0.444 e. The Balaban J connectivity index is 1.34. The first-order valence-electron chi connectivity index (χ1n) is 17.2. The second-order valence-electron chi connectivity index (χ2n) is 13.8. The second-order valence-corrected chi connectivity index (χ2v) is 13.8. The molecule has 13 heteroatoms. The fourth-order valence-electron chi connectivity index (χ4n) is 6.35. The number of hydrogen-bond acceptors (Lipinski definition) is 8. The van der Waals surface area contributed by atoms with Crippen molar-refractivity contribution in [3.63, 3.8) is 0 Å². The van der Waals surface area contributed by atoms with Crippen LogP contribution >= 0.6 is 0 Å². The number of amides is 3. The molecule has 0 saturated carbocycles. The maximum Gasteiger partial charge on any atom is 0.410 e. The number of nitrogens with zero attached hydrogens (tertiary/aromatic N) is 5. The van der Waals surface area contributed by atoms with Gasteiger partial charge in [-0.1, -0.05) is 6.07 Å². The number of imidazole rings is 1. The molecule has 0 spiro atoms. The number of carbonyl (C=O) groups is 3. The molecule has 2 atom stereocenters. The lowest BCUT2D eigenvalue weighted by Crippen LogP contribution is -2.45. The van der Waals surface area contributed by atoms with E-state index < -0.39 is 17.6 Å². The number of fused-ring (bicyclic) bond motifs is 1. The second kappa shape index (κ2) is 14.4. The highest BCUT2D eigenvalue weighted by Crippen LogP contribution is 2.36. The van der Waals surface area contributed by atoms with Crippen LogP contribution in [0.2, 0.25) is 0 Å². The lowest BCUT2D eigenvalue weighted by Gasteiger charge is -2.27. The van der Waals surface area contributed by atoms with Crippen LogP contribution in [-0.4, -0.2) is 78.9 Å². The van der Waals surface area contributed by atoms with Crippen molar-refractivity contribution in [3.8, 4) is 22.6 Å². The molecular formula is C36H46N8O5. The Morgan fingerprint density at radius 2 is 1.94 bits per heavy atom. The van der Waals surface area contributed by atoms with E-state index >= 15 is 0 Å². The predicted molar refractivity (Wildman–Crippen MR) is 185 cm³/mol. The number of rotatable bonds is 8. The van der Waals surface area contributed by atoms with Crippen LogP contribution in [0.5, 0.6) is 0 Å². The molecular weight excluding hydrogens is 624 g/mol. The number of H-pyrrole nitrogens is 1. The number of hydrogen-bond donors (Lipinski definition) is 3. The van der Waals surface area contributed by atoms with Crippen molar-refractivity contribution in [1.29, 1.82) is 0 Å². The van der Waals surface area contributed by atoms with Gasteiger partial charge in [0.2, 0.25) is 5.91 Å². The molecule has 3 amide bonds. The smallest absolute Gasteiger partial charge is 0.410 e. The third kappa shape index (κ3) is 7.61. The zero-order valence-corrected chi connectivity index (χ0v) is 29.0. The Labute approximate surface area is 286 Å². The standard InChI is InChI=1S/C36H46N8O5/c1-6-43(35(47)49-36(3,4)5)21-24-18-37-19-26(22(24)2)23-13-14-29-25(17-23)31(42-44(29)30-12-8-10-16-48-30)32-39-20-28(40-32)34(46)41-27-11-7-9-15-38-33(27)45/h13-14,17-20,27,30H,6-12,15-16,21H2,1-5H3,(H,38,45)(H,39,40)(H,41,46)/t27-,30?/m0/s1. The van der Waals surface area contributed by atoms with Gasteiger partial charge in [0.05, 0.1) is 18.3 Å². The molecule has 13 nitrogen and oxygen atoms in total. The first-order valence-corrected chi connectivity index (χ1v) is 17.2. The summed E-state index contributed by atoms with van der Waals surface area (Å²) in [7, 11) is 0. The van der Waals surface area contributed by atoms with Crippen molar-refractivity contribution in [3.05, 3.63) is 53.6 Å². The van der Waals surface area contributed by atoms with E-state index in [4.69, 9.17) is 14.6 Å². The molecule has 0 aliphatic carbocycles. The molecule has 260 valence electrons. The van der Waals surface area contributed by atoms with Crippen LogP contribution in [0.1, 0.15) is 94.1 Å². The van der Waals surface area contributed by atoms with Crippen LogP contribution in [-0.2, 0) is 20.8 Å². The van der Waals surface area contributed by atoms with Crippen LogP contribution in [0.15, 0.2) is 36.8 Å². The van der Waals surface area contributed by atoms with Gasteiger partial charge in [0.25, 0.3) is 5.91 Å². The number of pyridine rings is 1. The van der Waals surface area contributed by atoms with Crippen molar-refractivity contribution in [2.45, 2.75) is 97.6 Å². The zero-order chi connectivity index (χ0) is 34.7. The molecule has 4 aromatic rings. The zero-order valence-electron chi connectivity index (χ0n) is 29.0. The van der Waals surface area contributed by atoms with Gasteiger partial charge in [-0.2, -0.15) is 5.10 Å². The van der Waals surface area contributed by atoms with E-state index in [2.05, 4.69) is 31.7 Å². The Hall–Kier alpha value is -4.78. The summed E-state index contributed by atoms with van der Waals surface area (Å²) in [5, 5.41) is 11.5. The van der Waals surface area contributed by atoms with Gasteiger partial charge < -0.3 is 30.0 Å². The molecule has 6 rings (SSSR count). The van der Waals surface area contributed by atoms with Crippen molar-refractivity contribution >= 4 is 28.8 Å². The molecule has 1 aromatic carbocycles. The summed E-state index contributed by atoms with van der Waals surface area (Å²) in [5.41, 5.74) is 4.89. The van der Waals surface area contributed by atoms with E-state index in [0.29, 0.717) is 44.2 Å². The monoisotopic (exact) mass is 670 g/mol. The maximum atomic E-state index is 13.2. The first-order chi connectivity index (χ1) is 23.5. The first kappa shape index (κ1) is 34.1. The summed E-state index contributed by atoms with van der Waals surface area (Å²) in [5.74, 6) is -0.130. The average molecular weight is 671 g/mol. The van der Waals surface area contributed by atoms with E-state index in [1.807, 2.05) is 57.6 Å². The van der Waals surface area contributed by atoms with Crippen LogP contribution in [0.25, 0.3) is 33.5 Å². The highest BCUT2D eigenvalue weighted by Gasteiger charge is 2.27. The quantitative estimate of drug-likeness (QED) is 0.217. The number of nitrogens with one attached hydrogen (secondary N) is 3. The molecule has 0 bridgehead atoms. The number of aromatic nitrogens is 5. The average Bonchev–Trinajstić information content (AvgIpc) is 3.66. The van der Waals surface area contributed by atoms with Gasteiger partial charge in [0, 0.05) is 43.0 Å². The third-order valence-electron chi connectivity index (χ3n) is 9.05. The van der Waals surface area contributed by atoms with Gasteiger partial charge in [0.15, 0.2) is 12.1 Å². The molecule has 2 saturated heterocycles. The molecule has 2 aliphatic heterocycles. The number of ether oxygens (including phenoxy) is 2. The Bertz CT molecular complexity index is 1830. The minimum absolute atomic E-state index is 0.170. The lowest BCUT2D eigenvalue weighted by atomic mass is 9.97. The van der Waals surface area contributed by atoms with E-state index in [9.17, 15) is 14.4 Å². The summed E-state index contributed by atoms with van der Waals surface area (Å²) in [6, 6.07) is 5.55. The Kier molecular flexibility index (Phi) is 10.00. The number of benzene rings is 1. The molecule has 3 aromatic heterocycles. The molecule has 49 heavy (non-hydrogen) atoms. The normalized spacial score (nSPS) is 18.5. The summed E-state index contributed by atoms with van der Waals surface area (Å²) in [6.07, 6.45) is 9.72. The van der Waals surface area contributed by atoms with Crippen molar-refractivity contribution in [2.24, 2.45) is 0 Å². The fourth-order valence-corrected chi connectivity index (χ4v) is 6.35. The van der Waals surface area contributed by atoms with E-state index in [-0.39, 0.29) is 23.9 Å². The number of aromatic amines is 1. The van der Waals surface area contributed by atoms with E-state index in [1.165, 1.54) is 6.20 Å². The van der Waals surface area contributed by atoms with E-state index in [1.54, 1.807) is 11.1 Å². The molecule has 1 unspecified atom stereocenters. The molecule has 0 radical (unpaired) electrons. The minimum atomic E-state index is -0.593. The highest BCUT2D eigenvalue weighted by molar-refractivity contribution is 5.98. The summed E-state index contributed by atoms with van der Waals surface area (Å²) in [6.45, 7) is 11.7. The van der Waals surface area contributed by atoms with E-state index in [0.717, 1.165) is 65.3 Å². The maximum absolute atomic E-state index is 13.2. The molecule has 5 heterocycles. The predicted octanol–water partition coefficient (Wildman–Crippen LogP) is 5.65. The van der Waals surface area contributed by atoms with Gasteiger partial charge in [-0.15, -0.1) is 0 Å². The molecule has 2 aliphatic rings. The Morgan fingerprint density at radius 1 is 1.12 bits per heavy atom. The third-order valence-corrected chi connectivity index (χ3v) is 9.05. The van der Waals surface area contributed by atoms with Gasteiger partial charge in [0.1, 0.15) is 23.0 Å². The summed E-state index contributed by atoms with van der Waals surface area (Å²) in [4.78, 5) is 52.5. The lowest BCUT2D eigenvalue weighted by molar-refractivity contribution is -0.122. The SMILES string of the molecule is CCN(Cc1cncc(-c2ccc3c(c2)c(-c2ncc(C(=O)N[C@H]4CCCCNC4=O)[nH]2)nn3C2CCCCO2)c1C)C(=O)OC(C)(C)C. The van der Waals surface area contributed by atoms with Gasteiger partial charge in [-0.05, 0) is 102 Å². The molecule has 2 fully saturated rings. The van der Waals surface area contributed by atoms with Crippen LogP contribution in [0, 0.1) is 6.92 Å². The summed E-state index contributed by atoms with van der Waals surface area (Å²) >= 11 is 0. The van der Waals surface area contributed by atoms with Crippen LogP contribution in [0.4, 0.5) is 4.79 Å². The fraction of sp³-hybridized carbons (Fsp3) is 0.500. The van der Waals surface area contributed by atoms with Gasteiger partial charge in [-0.3, -0.25) is 14.6 Å². The van der Waals surface area contributed by atoms with Gasteiger partial charge in [-0.25, -0.2) is 14.5 Å². The van der Waals surface area contributed by atoms with Crippen LogP contribution < -0.4 is 10.6 Å². The van der Waals surface area contributed by atoms with Crippen molar-refractivity contribution in [2.75, 3.05) is 19.7 Å². The van der Waals surface area contributed by atoms with Crippen molar-refractivity contribution in [1.82, 2.24) is 40.3 Å². The summed E-state index contributed by atoms with van der Waals surface area (Å²) < 4.78 is 13.7. The number of carbonyl (C=O) groups excluding carboxylic acids is 3. The van der Waals surface area contributed by atoms with Crippen molar-refractivity contribution < 1.29 is 23.9 Å². The highest BCUT2D eigenvalue weighted by atomic mass is 16.6. The molecule has 3 N–H and O–H groups in total. The van der Waals surface area contributed by atoms with Gasteiger partial charge >= 0.3 is 6.09 Å². The topological polar surface area (TPSA) is 156 Å².